The second-order valence-corrected chi connectivity index (χ2v) is 6.66. The zero-order chi connectivity index (χ0) is 20.1. The smallest absolute Gasteiger partial charge is 0.214 e. The minimum Gasteiger partial charge on any atom is -0.490 e. The van der Waals surface area contributed by atoms with E-state index in [4.69, 9.17) is 10.5 Å². The lowest BCUT2D eigenvalue weighted by Crippen LogP contribution is -2.30. The summed E-state index contributed by atoms with van der Waals surface area (Å²) in [6.45, 7) is 0.355. The van der Waals surface area contributed by atoms with Gasteiger partial charge in [0.05, 0.1) is 6.20 Å². The highest BCUT2D eigenvalue weighted by Gasteiger charge is 2.10. The van der Waals surface area contributed by atoms with Crippen LogP contribution in [0.1, 0.15) is 16.7 Å². The fourth-order valence-electron chi connectivity index (χ4n) is 3.04. The Labute approximate surface area is 167 Å². The second-order valence-electron chi connectivity index (χ2n) is 6.66. The molecule has 3 N–H and O–H groups in total. The second kappa shape index (κ2) is 8.55. The van der Waals surface area contributed by atoms with Crippen molar-refractivity contribution in [2.24, 2.45) is 5.73 Å². The van der Waals surface area contributed by atoms with Gasteiger partial charge in [-0.25, -0.2) is 4.98 Å². The molecule has 0 aliphatic carbocycles. The van der Waals surface area contributed by atoms with E-state index in [2.05, 4.69) is 32.9 Å². The number of nitrogens with one attached hydrogen (secondary N) is 1. The lowest BCUT2D eigenvalue weighted by atomic mass is 10.1. The molecule has 144 valence electrons. The van der Waals surface area contributed by atoms with E-state index in [1.54, 1.807) is 24.5 Å². The molecule has 0 saturated carbocycles. The summed E-state index contributed by atoms with van der Waals surface area (Å²) < 4.78 is 18.9. The summed E-state index contributed by atoms with van der Waals surface area (Å²) in [6.07, 6.45) is 7.32. The Hall–Kier alpha value is -3.69. The van der Waals surface area contributed by atoms with Crippen molar-refractivity contribution < 1.29 is 9.13 Å². The normalized spacial score (nSPS) is 11.7. The molecule has 0 unspecified atom stereocenters. The number of rotatable bonds is 5. The average Bonchev–Trinajstić information content (AvgIpc) is 3.14. The molecule has 5 nitrogen and oxygen atoms in total. The Balaban J connectivity index is 1.38. The fourth-order valence-corrected chi connectivity index (χ4v) is 3.04. The average molecular weight is 386 g/mol. The first-order chi connectivity index (χ1) is 14.2. The van der Waals surface area contributed by atoms with Gasteiger partial charge in [0.2, 0.25) is 5.95 Å². The highest BCUT2D eigenvalue weighted by Crippen LogP contribution is 2.19. The zero-order valence-electron chi connectivity index (χ0n) is 15.6. The SMILES string of the molecule is N[C@H](COc1cncc(C#Cc2ccnc(F)c2)c1)Cc1c[nH]c2ccccc12. The van der Waals surface area contributed by atoms with E-state index in [9.17, 15) is 4.39 Å². The van der Waals surface area contributed by atoms with Crippen molar-refractivity contribution in [2.75, 3.05) is 6.61 Å². The van der Waals surface area contributed by atoms with Crippen molar-refractivity contribution in [2.45, 2.75) is 12.5 Å². The first-order valence-corrected chi connectivity index (χ1v) is 9.19. The fraction of sp³-hybridized carbons (Fsp3) is 0.130. The summed E-state index contributed by atoms with van der Waals surface area (Å²) >= 11 is 0. The van der Waals surface area contributed by atoms with Crippen molar-refractivity contribution in [3.63, 3.8) is 0 Å². The number of benzene rings is 1. The number of para-hydroxylation sites is 1. The summed E-state index contributed by atoms with van der Waals surface area (Å²) in [7, 11) is 0. The van der Waals surface area contributed by atoms with Crippen LogP contribution < -0.4 is 10.5 Å². The Morgan fingerprint density at radius 2 is 1.97 bits per heavy atom. The highest BCUT2D eigenvalue weighted by atomic mass is 19.1. The summed E-state index contributed by atoms with van der Waals surface area (Å²) in [5, 5.41) is 1.18. The third-order valence-corrected chi connectivity index (χ3v) is 4.41. The topological polar surface area (TPSA) is 76.8 Å². The van der Waals surface area contributed by atoms with Gasteiger partial charge in [-0.2, -0.15) is 4.39 Å². The van der Waals surface area contributed by atoms with Gasteiger partial charge in [-0.15, -0.1) is 0 Å². The van der Waals surface area contributed by atoms with Crippen LogP contribution in [0, 0.1) is 17.8 Å². The molecular weight excluding hydrogens is 367 g/mol. The lowest BCUT2D eigenvalue weighted by molar-refractivity contribution is 0.287. The van der Waals surface area contributed by atoms with E-state index >= 15 is 0 Å². The van der Waals surface area contributed by atoms with Crippen molar-refractivity contribution in [1.29, 1.82) is 0 Å². The van der Waals surface area contributed by atoms with Gasteiger partial charge in [0.1, 0.15) is 12.4 Å². The zero-order valence-corrected chi connectivity index (χ0v) is 15.6. The summed E-state index contributed by atoms with van der Waals surface area (Å²) in [4.78, 5) is 10.9. The molecule has 0 amide bonds. The molecule has 0 saturated heterocycles. The van der Waals surface area contributed by atoms with E-state index in [0.29, 0.717) is 29.9 Å². The summed E-state index contributed by atoms with van der Waals surface area (Å²) in [5.41, 5.74) is 9.74. The number of aromatic amines is 1. The van der Waals surface area contributed by atoms with Crippen LogP contribution in [0.2, 0.25) is 0 Å². The molecule has 3 aromatic heterocycles. The summed E-state index contributed by atoms with van der Waals surface area (Å²) in [6, 6.07) is 12.7. The number of hydrogen-bond donors (Lipinski definition) is 2. The molecule has 29 heavy (non-hydrogen) atoms. The van der Waals surface area contributed by atoms with Crippen LogP contribution in [-0.4, -0.2) is 27.6 Å². The van der Waals surface area contributed by atoms with Crippen LogP contribution in [0.3, 0.4) is 0 Å². The van der Waals surface area contributed by atoms with E-state index in [1.165, 1.54) is 23.2 Å². The summed E-state index contributed by atoms with van der Waals surface area (Å²) in [5.74, 6) is 5.87. The predicted octanol–water partition coefficient (Wildman–Crippen LogP) is 3.45. The maximum absolute atomic E-state index is 13.1. The monoisotopic (exact) mass is 386 g/mol. The molecule has 3 heterocycles. The van der Waals surface area contributed by atoms with Gasteiger partial charge in [0.25, 0.3) is 0 Å². The number of ether oxygens (including phenoxy) is 1. The molecule has 0 radical (unpaired) electrons. The molecular formula is C23H19FN4O. The van der Waals surface area contributed by atoms with E-state index in [-0.39, 0.29) is 6.04 Å². The molecule has 0 aliphatic heterocycles. The number of nitrogens with two attached hydrogens (primary N) is 1. The van der Waals surface area contributed by atoms with Crippen LogP contribution in [0.15, 0.2) is 67.3 Å². The number of halogens is 1. The Bertz CT molecular complexity index is 1190. The van der Waals surface area contributed by atoms with Gasteiger partial charge >= 0.3 is 0 Å². The standard InChI is InChI=1S/C23H19FN4O/c24-23-10-16(7-8-27-23)5-6-17-9-20(14-26-12-17)29-15-19(25)11-18-13-28-22-4-2-1-3-21(18)22/h1-4,7-10,12-14,19,28H,11,15,25H2/t19-/m0/s1. The van der Waals surface area contributed by atoms with Crippen molar-refractivity contribution >= 4 is 10.9 Å². The van der Waals surface area contributed by atoms with E-state index in [1.807, 2.05) is 24.4 Å². The highest BCUT2D eigenvalue weighted by molar-refractivity contribution is 5.83. The Kier molecular flexibility index (Phi) is 5.50. The quantitative estimate of drug-likeness (QED) is 0.407. The third-order valence-electron chi connectivity index (χ3n) is 4.41. The maximum Gasteiger partial charge on any atom is 0.214 e. The number of nitrogens with zero attached hydrogens (tertiary/aromatic N) is 2. The largest absolute Gasteiger partial charge is 0.490 e. The van der Waals surface area contributed by atoms with E-state index in [0.717, 1.165) is 5.52 Å². The van der Waals surface area contributed by atoms with Crippen LogP contribution >= 0.6 is 0 Å². The minimum absolute atomic E-state index is 0.163. The lowest BCUT2D eigenvalue weighted by Gasteiger charge is -2.13. The molecule has 0 bridgehead atoms. The van der Waals surface area contributed by atoms with Gasteiger partial charge in [-0.3, -0.25) is 4.98 Å². The minimum atomic E-state index is -0.559. The number of fused-ring (bicyclic) bond motifs is 1. The first-order valence-electron chi connectivity index (χ1n) is 9.19. The van der Waals surface area contributed by atoms with Crippen LogP contribution in [0.25, 0.3) is 10.9 Å². The van der Waals surface area contributed by atoms with Crippen molar-refractivity contribution in [1.82, 2.24) is 15.0 Å². The molecule has 6 heteroatoms. The third kappa shape index (κ3) is 4.78. The number of pyridine rings is 2. The van der Waals surface area contributed by atoms with Gasteiger partial charge < -0.3 is 15.5 Å². The first kappa shape index (κ1) is 18.7. The molecule has 0 fully saturated rings. The van der Waals surface area contributed by atoms with E-state index < -0.39 is 5.95 Å². The number of H-pyrrole nitrogens is 1. The molecule has 0 aliphatic rings. The maximum atomic E-state index is 13.1. The Morgan fingerprint density at radius 1 is 1.10 bits per heavy atom. The Morgan fingerprint density at radius 3 is 2.86 bits per heavy atom. The number of hydrogen-bond acceptors (Lipinski definition) is 4. The van der Waals surface area contributed by atoms with Gasteiger partial charge in [-0.1, -0.05) is 30.0 Å². The van der Waals surface area contributed by atoms with Crippen molar-refractivity contribution in [3.8, 4) is 17.6 Å². The molecule has 1 aromatic carbocycles. The van der Waals surface area contributed by atoms with Crippen LogP contribution in [0.4, 0.5) is 4.39 Å². The molecule has 4 rings (SSSR count). The van der Waals surface area contributed by atoms with Gasteiger partial charge in [-0.05, 0) is 30.2 Å². The van der Waals surface area contributed by atoms with Crippen LogP contribution in [-0.2, 0) is 6.42 Å². The van der Waals surface area contributed by atoms with Gasteiger partial charge in [0, 0.05) is 52.7 Å². The molecule has 0 spiro atoms. The molecule has 1 atom stereocenters. The predicted molar refractivity (Wildman–Crippen MR) is 110 cm³/mol. The van der Waals surface area contributed by atoms with Crippen LogP contribution in [0.5, 0.6) is 5.75 Å². The molecule has 4 aromatic rings. The van der Waals surface area contributed by atoms with Gasteiger partial charge in [0.15, 0.2) is 0 Å². The number of aromatic nitrogens is 3. The van der Waals surface area contributed by atoms with Crippen molar-refractivity contribution in [3.05, 3.63) is 89.9 Å².